The summed E-state index contributed by atoms with van der Waals surface area (Å²) in [4.78, 5) is 11.0. The van der Waals surface area contributed by atoms with Crippen LogP contribution in [0.1, 0.15) is 11.1 Å². The molecule has 0 saturated carbocycles. The second-order valence-corrected chi connectivity index (χ2v) is 3.41. The Bertz CT molecular complexity index is 410. The number of methoxy groups -OCH3 is 1. The first-order chi connectivity index (χ1) is 7.31. The Balaban J connectivity index is 2.26. The van der Waals surface area contributed by atoms with Crippen molar-refractivity contribution < 1.29 is 9.53 Å². The highest BCUT2D eigenvalue weighted by Gasteiger charge is 2.11. The van der Waals surface area contributed by atoms with Crippen LogP contribution in [0.5, 0.6) is 0 Å². The van der Waals surface area contributed by atoms with E-state index in [-0.39, 0.29) is 5.97 Å². The van der Waals surface area contributed by atoms with Gasteiger partial charge in [0.25, 0.3) is 0 Å². The Morgan fingerprint density at radius 2 is 2.40 bits per heavy atom. The first-order valence-corrected chi connectivity index (χ1v) is 4.93. The Morgan fingerprint density at radius 1 is 1.53 bits per heavy atom. The van der Waals surface area contributed by atoms with Gasteiger partial charge in [-0.1, -0.05) is 18.2 Å². The Labute approximate surface area is 88.8 Å². The molecule has 0 fully saturated rings. The molecule has 3 nitrogen and oxygen atoms in total. The van der Waals surface area contributed by atoms with Crippen LogP contribution in [0, 0.1) is 0 Å². The Kier molecular flexibility index (Phi) is 2.72. The summed E-state index contributed by atoms with van der Waals surface area (Å²) >= 11 is 0. The molecule has 2 rings (SSSR count). The van der Waals surface area contributed by atoms with E-state index < -0.39 is 0 Å². The highest BCUT2D eigenvalue weighted by atomic mass is 16.5. The number of benzene rings is 1. The van der Waals surface area contributed by atoms with Crippen molar-refractivity contribution in [3.8, 4) is 0 Å². The summed E-state index contributed by atoms with van der Waals surface area (Å²) in [6, 6.07) is 6.09. The molecule has 1 heterocycles. The molecular formula is C12H13NO2. The summed E-state index contributed by atoms with van der Waals surface area (Å²) in [5.74, 6) is -0.328. The third kappa shape index (κ3) is 2.01. The quantitative estimate of drug-likeness (QED) is 0.588. The number of fused-ring (bicyclic) bond motifs is 1. The minimum Gasteiger partial charge on any atom is -0.466 e. The van der Waals surface area contributed by atoms with Gasteiger partial charge in [0, 0.05) is 18.3 Å². The van der Waals surface area contributed by atoms with Crippen molar-refractivity contribution in [2.45, 2.75) is 6.42 Å². The van der Waals surface area contributed by atoms with E-state index in [0.717, 1.165) is 24.2 Å². The lowest BCUT2D eigenvalue weighted by Gasteiger charge is -2.03. The zero-order valence-corrected chi connectivity index (χ0v) is 8.62. The topological polar surface area (TPSA) is 38.3 Å². The summed E-state index contributed by atoms with van der Waals surface area (Å²) < 4.78 is 4.55. The minimum atomic E-state index is -0.328. The van der Waals surface area contributed by atoms with Gasteiger partial charge in [0.1, 0.15) is 0 Å². The second kappa shape index (κ2) is 4.17. The Morgan fingerprint density at radius 3 is 3.20 bits per heavy atom. The molecular weight excluding hydrogens is 190 g/mol. The van der Waals surface area contributed by atoms with E-state index in [9.17, 15) is 4.79 Å². The third-order valence-electron chi connectivity index (χ3n) is 2.48. The molecule has 0 bridgehead atoms. The van der Waals surface area contributed by atoms with Crippen molar-refractivity contribution in [3.63, 3.8) is 0 Å². The number of ether oxygens (including phenoxy) is 1. The molecule has 1 N–H and O–H groups in total. The number of anilines is 1. The number of rotatable bonds is 2. The van der Waals surface area contributed by atoms with E-state index in [2.05, 4.69) is 16.1 Å². The van der Waals surface area contributed by atoms with Crippen LogP contribution in [0.15, 0.2) is 24.3 Å². The minimum absolute atomic E-state index is 0.328. The predicted molar refractivity (Wildman–Crippen MR) is 59.7 cm³/mol. The summed E-state index contributed by atoms with van der Waals surface area (Å²) in [6.45, 7) is 0.971. The maximum Gasteiger partial charge on any atom is 0.330 e. The van der Waals surface area contributed by atoms with Crippen molar-refractivity contribution in [1.82, 2.24) is 0 Å². The number of carbonyl (C=O) groups excluding carboxylic acids is 1. The lowest BCUT2D eigenvalue weighted by molar-refractivity contribution is -0.134. The van der Waals surface area contributed by atoms with Crippen LogP contribution in [0.2, 0.25) is 0 Å². The van der Waals surface area contributed by atoms with Crippen LogP contribution in [-0.2, 0) is 16.0 Å². The van der Waals surface area contributed by atoms with Gasteiger partial charge in [-0.25, -0.2) is 4.79 Å². The standard InChI is InChI=1S/C12H13NO2/c1-15-11(14)6-5-9-3-2-4-10-7-8-13-12(9)10/h2-6,13H,7-8H2,1H3. The van der Waals surface area contributed by atoms with Gasteiger partial charge in [0.15, 0.2) is 0 Å². The maximum atomic E-state index is 11.0. The van der Waals surface area contributed by atoms with E-state index in [0.29, 0.717) is 0 Å². The molecule has 15 heavy (non-hydrogen) atoms. The molecule has 78 valence electrons. The fourth-order valence-electron chi connectivity index (χ4n) is 1.73. The largest absolute Gasteiger partial charge is 0.466 e. The predicted octanol–water partition coefficient (Wildman–Crippen LogP) is 1.84. The van der Waals surface area contributed by atoms with Gasteiger partial charge < -0.3 is 10.1 Å². The van der Waals surface area contributed by atoms with Gasteiger partial charge in [0.05, 0.1) is 7.11 Å². The van der Waals surface area contributed by atoms with Crippen molar-refractivity contribution in [3.05, 3.63) is 35.4 Å². The lowest BCUT2D eigenvalue weighted by Crippen LogP contribution is -1.95. The molecule has 1 aromatic rings. The summed E-state index contributed by atoms with van der Waals surface area (Å²) in [7, 11) is 1.38. The van der Waals surface area contributed by atoms with Crippen molar-refractivity contribution in [2.24, 2.45) is 0 Å². The van der Waals surface area contributed by atoms with E-state index in [4.69, 9.17) is 0 Å². The van der Waals surface area contributed by atoms with Gasteiger partial charge >= 0.3 is 5.97 Å². The number of hydrogen-bond donors (Lipinski definition) is 1. The van der Waals surface area contributed by atoms with Crippen molar-refractivity contribution in [2.75, 3.05) is 19.0 Å². The first-order valence-electron chi connectivity index (χ1n) is 4.93. The molecule has 0 spiro atoms. The number of carbonyl (C=O) groups is 1. The lowest BCUT2D eigenvalue weighted by atomic mass is 10.1. The van der Waals surface area contributed by atoms with Crippen LogP contribution in [0.25, 0.3) is 6.08 Å². The smallest absolute Gasteiger partial charge is 0.330 e. The average molecular weight is 203 g/mol. The highest BCUT2D eigenvalue weighted by molar-refractivity contribution is 5.88. The van der Waals surface area contributed by atoms with Crippen molar-refractivity contribution >= 4 is 17.7 Å². The first kappa shape index (κ1) is 9.77. The molecule has 0 atom stereocenters. The monoisotopic (exact) mass is 203 g/mol. The molecule has 0 saturated heterocycles. The highest BCUT2D eigenvalue weighted by Crippen LogP contribution is 2.27. The zero-order chi connectivity index (χ0) is 10.7. The van der Waals surface area contributed by atoms with Crippen molar-refractivity contribution in [1.29, 1.82) is 0 Å². The Hall–Kier alpha value is -1.77. The van der Waals surface area contributed by atoms with Crippen LogP contribution in [0.4, 0.5) is 5.69 Å². The average Bonchev–Trinajstić information content (AvgIpc) is 2.74. The third-order valence-corrected chi connectivity index (χ3v) is 2.48. The van der Waals surface area contributed by atoms with Gasteiger partial charge in [-0.2, -0.15) is 0 Å². The molecule has 1 aliphatic rings. The summed E-state index contributed by atoms with van der Waals surface area (Å²) in [5, 5.41) is 3.31. The second-order valence-electron chi connectivity index (χ2n) is 3.41. The number of para-hydroxylation sites is 1. The number of hydrogen-bond acceptors (Lipinski definition) is 3. The maximum absolute atomic E-state index is 11.0. The molecule has 1 aliphatic heterocycles. The van der Waals surface area contributed by atoms with Gasteiger partial charge in [-0.15, -0.1) is 0 Å². The summed E-state index contributed by atoms with van der Waals surface area (Å²) in [6.07, 6.45) is 4.27. The number of nitrogens with one attached hydrogen (secondary N) is 1. The summed E-state index contributed by atoms with van der Waals surface area (Å²) in [5.41, 5.74) is 3.48. The van der Waals surface area contributed by atoms with Crippen LogP contribution >= 0.6 is 0 Å². The number of esters is 1. The molecule has 0 unspecified atom stereocenters. The molecule has 0 aromatic heterocycles. The van der Waals surface area contributed by atoms with Gasteiger partial charge in [0.2, 0.25) is 0 Å². The SMILES string of the molecule is COC(=O)C=Cc1cccc2c1NCC2. The fourth-order valence-corrected chi connectivity index (χ4v) is 1.73. The molecule has 0 aliphatic carbocycles. The van der Waals surface area contributed by atoms with E-state index >= 15 is 0 Å². The van der Waals surface area contributed by atoms with E-state index in [1.165, 1.54) is 18.7 Å². The molecule has 0 radical (unpaired) electrons. The van der Waals surface area contributed by atoms with Gasteiger partial charge in [-0.05, 0) is 23.6 Å². The molecule has 3 heteroatoms. The van der Waals surface area contributed by atoms with E-state index in [1.54, 1.807) is 6.08 Å². The molecule has 0 amide bonds. The van der Waals surface area contributed by atoms with E-state index in [1.807, 2.05) is 12.1 Å². The van der Waals surface area contributed by atoms with Crippen LogP contribution in [0.3, 0.4) is 0 Å². The molecule has 1 aromatic carbocycles. The fraction of sp³-hybridized carbons (Fsp3) is 0.250. The zero-order valence-electron chi connectivity index (χ0n) is 8.62. The van der Waals surface area contributed by atoms with Crippen LogP contribution < -0.4 is 5.32 Å². The van der Waals surface area contributed by atoms with Crippen LogP contribution in [-0.4, -0.2) is 19.6 Å². The normalized spacial score (nSPS) is 13.7. The van der Waals surface area contributed by atoms with Gasteiger partial charge in [-0.3, -0.25) is 0 Å².